The van der Waals surface area contributed by atoms with Gasteiger partial charge < -0.3 is 15.1 Å². The first-order chi connectivity index (χ1) is 9.85. The fraction of sp³-hybridized carbons (Fsp3) is 0.533. The molecule has 0 atom stereocenters. The number of anilines is 1. The molecule has 0 aliphatic heterocycles. The fourth-order valence-corrected chi connectivity index (χ4v) is 2.81. The largest absolute Gasteiger partial charge is 0.396 e. The summed E-state index contributed by atoms with van der Waals surface area (Å²) >= 11 is 0. The number of hydrogen-bond donors (Lipinski definition) is 2. The van der Waals surface area contributed by atoms with Gasteiger partial charge in [0.2, 0.25) is 0 Å². The lowest BCUT2D eigenvalue weighted by molar-refractivity contribution is 0.272. The first-order valence-corrected chi connectivity index (χ1v) is 7.29. The SMILES string of the molecule is OCCCN(c1nc2ccccn2c1CO)C1CCC1. The molecule has 0 unspecified atom stereocenters. The molecule has 20 heavy (non-hydrogen) atoms. The Hall–Kier alpha value is -1.59. The van der Waals surface area contributed by atoms with Crippen molar-refractivity contribution in [3.63, 3.8) is 0 Å². The van der Waals surface area contributed by atoms with Gasteiger partial charge in [-0.05, 0) is 37.8 Å². The average Bonchev–Trinajstić information content (AvgIpc) is 2.79. The van der Waals surface area contributed by atoms with Crippen molar-refractivity contribution in [3.05, 3.63) is 30.1 Å². The molecular weight excluding hydrogens is 254 g/mol. The lowest BCUT2D eigenvalue weighted by atomic mass is 9.91. The molecule has 5 nitrogen and oxygen atoms in total. The van der Waals surface area contributed by atoms with E-state index >= 15 is 0 Å². The Balaban J connectivity index is 2.00. The van der Waals surface area contributed by atoms with E-state index in [4.69, 9.17) is 5.11 Å². The zero-order valence-corrected chi connectivity index (χ0v) is 11.6. The van der Waals surface area contributed by atoms with Crippen molar-refractivity contribution in [1.82, 2.24) is 9.38 Å². The van der Waals surface area contributed by atoms with Crippen LogP contribution < -0.4 is 4.90 Å². The van der Waals surface area contributed by atoms with Gasteiger partial charge in [-0.15, -0.1) is 0 Å². The maximum absolute atomic E-state index is 9.72. The Kier molecular flexibility index (Phi) is 3.89. The number of hydrogen-bond acceptors (Lipinski definition) is 4. The van der Waals surface area contributed by atoms with Crippen molar-refractivity contribution in [1.29, 1.82) is 0 Å². The molecule has 1 saturated carbocycles. The van der Waals surface area contributed by atoms with Gasteiger partial charge in [0.1, 0.15) is 5.65 Å². The van der Waals surface area contributed by atoms with E-state index in [0.29, 0.717) is 6.04 Å². The van der Waals surface area contributed by atoms with Gasteiger partial charge in [-0.1, -0.05) is 6.07 Å². The van der Waals surface area contributed by atoms with E-state index in [-0.39, 0.29) is 13.2 Å². The van der Waals surface area contributed by atoms with Crippen molar-refractivity contribution in [2.24, 2.45) is 0 Å². The van der Waals surface area contributed by atoms with E-state index in [0.717, 1.165) is 30.1 Å². The second kappa shape index (κ2) is 5.81. The minimum absolute atomic E-state index is 0.0249. The quantitative estimate of drug-likeness (QED) is 0.840. The molecule has 0 aromatic carbocycles. The molecular formula is C15H21N3O2. The summed E-state index contributed by atoms with van der Waals surface area (Å²) in [6.07, 6.45) is 6.26. The normalized spacial score (nSPS) is 15.5. The van der Waals surface area contributed by atoms with Gasteiger partial charge >= 0.3 is 0 Å². The third kappa shape index (κ3) is 2.27. The monoisotopic (exact) mass is 275 g/mol. The summed E-state index contributed by atoms with van der Waals surface area (Å²) in [4.78, 5) is 6.95. The number of aliphatic hydroxyl groups excluding tert-OH is 2. The number of pyridine rings is 1. The highest BCUT2D eigenvalue weighted by molar-refractivity contribution is 5.56. The molecule has 2 N–H and O–H groups in total. The van der Waals surface area contributed by atoms with Crippen molar-refractivity contribution >= 4 is 11.5 Å². The molecule has 5 heteroatoms. The van der Waals surface area contributed by atoms with E-state index in [1.165, 1.54) is 19.3 Å². The second-order valence-corrected chi connectivity index (χ2v) is 5.32. The van der Waals surface area contributed by atoms with Crippen molar-refractivity contribution in [2.45, 2.75) is 38.3 Å². The summed E-state index contributed by atoms with van der Waals surface area (Å²) in [5, 5.41) is 18.8. The van der Waals surface area contributed by atoms with Gasteiger partial charge in [-0.25, -0.2) is 4.98 Å². The molecule has 0 radical (unpaired) electrons. The lowest BCUT2D eigenvalue weighted by Gasteiger charge is -2.38. The highest BCUT2D eigenvalue weighted by atomic mass is 16.3. The standard InChI is InChI=1S/C15H21N3O2/c19-10-4-9-17(12-5-3-6-12)15-13(11-20)18-8-2-1-7-14(18)16-15/h1-2,7-8,12,19-20H,3-6,9-11H2. The van der Waals surface area contributed by atoms with Crippen LogP contribution in [0.4, 0.5) is 5.82 Å². The van der Waals surface area contributed by atoms with Gasteiger partial charge in [0, 0.05) is 25.4 Å². The number of aromatic nitrogens is 2. The number of aliphatic hydroxyl groups is 2. The Bertz CT molecular complexity index is 578. The highest BCUT2D eigenvalue weighted by Gasteiger charge is 2.28. The van der Waals surface area contributed by atoms with Crippen LogP contribution in [0.1, 0.15) is 31.4 Å². The Morgan fingerprint density at radius 2 is 2.15 bits per heavy atom. The Labute approximate surface area is 118 Å². The predicted molar refractivity (Wildman–Crippen MR) is 77.8 cm³/mol. The predicted octanol–water partition coefficient (Wildman–Crippen LogP) is 1.57. The summed E-state index contributed by atoms with van der Waals surface area (Å²) in [6, 6.07) is 6.35. The van der Waals surface area contributed by atoms with Crippen LogP contribution >= 0.6 is 0 Å². The van der Waals surface area contributed by atoms with E-state index in [9.17, 15) is 5.11 Å². The van der Waals surface area contributed by atoms with E-state index < -0.39 is 0 Å². The Morgan fingerprint density at radius 1 is 1.30 bits per heavy atom. The summed E-state index contributed by atoms with van der Waals surface area (Å²) < 4.78 is 1.94. The van der Waals surface area contributed by atoms with Crippen LogP contribution in [0.5, 0.6) is 0 Å². The average molecular weight is 275 g/mol. The molecule has 0 bridgehead atoms. The van der Waals surface area contributed by atoms with Gasteiger partial charge in [-0.3, -0.25) is 4.40 Å². The number of fused-ring (bicyclic) bond motifs is 1. The molecule has 1 aliphatic carbocycles. The van der Waals surface area contributed by atoms with Crippen LogP contribution in [0.25, 0.3) is 5.65 Å². The fourth-order valence-electron chi connectivity index (χ4n) is 2.81. The second-order valence-electron chi connectivity index (χ2n) is 5.32. The van der Waals surface area contributed by atoms with E-state index in [2.05, 4.69) is 9.88 Å². The third-order valence-corrected chi connectivity index (χ3v) is 4.10. The zero-order valence-electron chi connectivity index (χ0n) is 11.6. The van der Waals surface area contributed by atoms with Gasteiger partial charge in [-0.2, -0.15) is 0 Å². The van der Waals surface area contributed by atoms with Crippen molar-refractivity contribution in [3.8, 4) is 0 Å². The van der Waals surface area contributed by atoms with Crippen molar-refractivity contribution < 1.29 is 10.2 Å². The van der Waals surface area contributed by atoms with E-state index in [1.54, 1.807) is 0 Å². The summed E-state index contributed by atoms with van der Waals surface area (Å²) in [5.41, 5.74) is 1.70. The highest BCUT2D eigenvalue weighted by Crippen LogP contribution is 2.31. The molecule has 2 heterocycles. The first kappa shape index (κ1) is 13.4. The molecule has 3 rings (SSSR count). The maximum Gasteiger partial charge on any atom is 0.153 e. The van der Waals surface area contributed by atoms with Crippen LogP contribution in [-0.2, 0) is 6.61 Å². The van der Waals surface area contributed by atoms with Crippen LogP contribution in [0.3, 0.4) is 0 Å². The van der Waals surface area contributed by atoms with Crippen LogP contribution in [-0.4, -0.2) is 38.8 Å². The third-order valence-electron chi connectivity index (χ3n) is 4.10. The van der Waals surface area contributed by atoms with Gasteiger partial charge in [0.15, 0.2) is 5.82 Å². The molecule has 0 saturated heterocycles. The molecule has 1 aliphatic rings. The molecule has 1 fully saturated rings. The Morgan fingerprint density at radius 3 is 2.80 bits per heavy atom. The smallest absolute Gasteiger partial charge is 0.153 e. The van der Waals surface area contributed by atoms with Crippen LogP contribution in [0.2, 0.25) is 0 Å². The minimum Gasteiger partial charge on any atom is -0.396 e. The number of imidazole rings is 1. The number of rotatable bonds is 6. The molecule has 0 spiro atoms. The first-order valence-electron chi connectivity index (χ1n) is 7.29. The van der Waals surface area contributed by atoms with Gasteiger partial charge in [0.25, 0.3) is 0 Å². The summed E-state index contributed by atoms with van der Waals surface area (Å²) in [5.74, 6) is 0.872. The zero-order chi connectivity index (χ0) is 13.9. The minimum atomic E-state index is -0.0249. The van der Waals surface area contributed by atoms with Crippen LogP contribution in [0, 0.1) is 0 Å². The molecule has 0 amide bonds. The maximum atomic E-state index is 9.72. The summed E-state index contributed by atoms with van der Waals surface area (Å²) in [6.45, 7) is 0.950. The number of nitrogens with zero attached hydrogens (tertiary/aromatic N) is 3. The molecule has 108 valence electrons. The lowest BCUT2D eigenvalue weighted by Crippen LogP contribution is -2.42. The molecule has 2 aromatic heterocycles. The van der Waals surface area contributed by atoms with E-state index in [1.807, 2.05) is 28.8 Å². The summed E-state index contributed by atoms with van der Waals surface area (Å²) in [7, 11) is 0. The van der Waals surface area contributed by atoms with Crippen molar-refractivity contribution in [2.75, 3.05) is 18.1 Å². The van der Waals surface area contributed by atoms with Crippen LogP contribution in [0.15, 0.2) is 24.4 Å². The molecule has 2 aromatic rings. The topological polar surface area (TPSA) is 61.0 Å². The van der Waals surface area contributed by atoms with Gasteiger partial charge in [0.05, 0.1) is 12.3 Å².